The SMILES string of the molecule is O=C(O)CC1CCC12CNC2. The van der Waals surface area contributed by atoms with Crippen LogP contribution in [0, 0.1) is 11.3 Å². The Hall–Kier alpha value is -0.570. The molecule has 1 saturated carbocycles. The molecule has 11 heavy (non-hydrogen) atoms. The summed E-state index contributed by atoms with van der Waals surface area (Å²) in [6.45, 7) is 2.09. The molecule has 2 fully saturated rings. The van der Waals surface area contributed by atoms with Crippen LogP contribution < -0.4 is 5.32 Å². The predicted molar refractivity (Wildman–Crippen MR) is 40.3 cm³/mol. The molecule has 1 heterocycles. The molecule has 0 aromatic carbocycles. The van der Waals surface area contributed by atoms with Crippen molar-refractivity contribution in [2.45, 2.75) is 19.3 Å². The summed E-state index contributed by atoms with van der Waals surface area (Å²) in [7, 11) is 0. The Labute approximate surface area is 65.8 Å². The lowest BCUT2D eigenvalue weighted by Gasteiger charge is -2.56. The van der Waals surface area contributed by atoms with Gasteiger partial charge in [-0.25, -0.2) is 0 Å². The Kier molecular flexibility index (Phi) is 1.42. The minimum atomic E-state index is -0.638. The molecule has 3 heteroatoms. The van der Waals surface area contributed by atoms with E-state index in [-0.39, 0.29) is 0 Å². The maximum atomic E-state index is 10.4. The quantitative estimate of drug-likeness (QED) is 0.609. The monoisotopic (exact) mass is 155 g/mol. The first-order valence-electron chi connectivity index (χ1n) is 4.15. The van der Waals surface area contributed by atoms with Crippen molar-refractivity contribution >= 4 is 5.97 Å². The molecule has 1 atom stereocenters. The molecule has 1 spiro atoms. The van der Waals surface area contributed by atoms with Crippen LogP contribution in [0.2, 0.25) is 0 Å². The van der Waals surface area contributed by atoms with Crippen LogP contribution >= 0.6 is 0 Å². The molecule has 0 bridgehead atoms. The molecule has 3 nitrogen and oxygen atoms in total. The molecule has 2 N–H and O–H groups in total. The van der Waals surface area contributed by atoms with Gasteiger partial charge in [-0.2, -0.15) is 0 Å². The van der Waals surface area contributed by atoms with Crippen molar-refractivity contribution in [2.75, 3.05) is 13.1 Å². The smallest absolute Gasteiger partial charge is 0.303 e. The number of carboxylic acids is 1. The molecule has 1 aliphatic heterocycles. The summed E-state index contributed by atoms with van der Waals surface area (Å²) >= 11 is 0. The van der Waals surface area contributed by atoms with Crippen LogP contribution in [0.3, 0.4) is 0 Å². The Morgan fingerprint density at radius 3 is 2.64 bits per heavy atom. The van der Waals surface area contributed by atoms with Gasteiger partial charge in [-0.3, -0.25) is 4.79 Å². The molecular weight excluding hydrogens is 142 g/mol. The lowest BCUT2D eigenvalue weighted by atomic mass is 9.55. The average molecular weight is 155 g/mol. The van der Waals surface area contributed by atoms with E-state index in [9.17, 15) is 4.79 Å². The highest BCUT2D eigenvalue weighted by molar-refractivity contribution is 5.67. The van der Waals surface area contributed by atoms with Gasteiger partial charge in [-0.15, -0.1) is 0 Å². The maximum Gasteiger partial charge on any atom is 0.303 e. The summed E-state index contributed by atoms with van der Waals surface area (Å²) < 4.78 is 0. The Morgan fingerprint density at radius 1 is 1.64 bits per heavy atom. The number of aliphatic carboxylic acids is 1. The average Bonchev–Trinajstić information content (AvgIpc) is 1.76. The van der Waals surface area contributed by atoms with E-state index < -0.39 is 5.97 Å². The Balaban J connectivity index is 1.90. The van der Waals surface area contributed by atoms with Gasteiger partial charge in [-0.05, 0) is 24.2 Å². The van der Waals surface area contributed by atoms with Crippen molar-refractivity contribution < 1.29 is 9.90 Å². The second-order valence-corrected chi connectivity index (χ2v) is 3.80. The van der Waals surface area contributed by atoms with Crippen LogP contribution in [0.5, 0.6) is 0 Å². The standard InChI is InChI=1S/C8H13NO2/c10-7(11)3-6-1-2-8(6)4-9-5-8/h6,9H,1-5H2,(H,10,11). The minimum absolute atomic E-state index is 0.377. The molecule has 2 rings (SSSR count). The highest BCUT2D eigenvalue weighted by Gasteiger charge is 2.51. The normalized spacial score (nSPS) is 32.5. The molecule has 62 valence electrons. The molecule has 0 radical (unpaired) electrons. The summed E-state index contributed by atoms with van der Waals surface area (Å²) in [5, 5.41) is 11.8. The molecule has 0 amide bonds. The fourth-order valence-electron chi connectivity index (χ4n) is 2.20. The molecule has 2 aliphatic rings. The first-order valence-corrected chi connectivity index (χ1v) is 4.15. The molecule has 0 aromatic heterocycles. The molecular formula is C8H13NO2. The predicted octanol–water partition coefficient (Wildman–Crippen LogP) is 0.461. The second-order valence-electron chi connectivity index (χ2n) is 3.80. The summed E-state index contributed by atoms with van der Waals surface area (Å²) in [6, 6.07) is 0. The lowest BCUT2D eigenvalue weighted by molar-refractivity contribution is -0.143. The third-order valence-electron chi connectivity index (χ3n) is 3.23. The number of nitrogens with one attached hydrogen (secondary N) is 1. The van der Waals surface area contributed by atoms with Crippen molar-refractivity contribution in [3.8, 4) is 0 Å². The van der Waals surface area contributed by atoms with E-state index in [1.54, 1.807) is 0 Å². The maximum absolute atomic E-state index is 10.4. The van der Waals surface area contributed by atoms with Gasteiger partial charge in [0.2, 0.25) is 0 Å². The number of carboxylic acid groups (broad SMARTS) is 1. The zero-order chi connectivity index (χ0) is 7.90. The molecule has 1 saturated heterocycles. The molecule has 0 aromatic rings. The van der Waals surface area contributed by atoms with Gasteiger partial charge in [-0.1, -0.05) is 0 Å². The van der Waals surface area contributed by atoms with E-state index in [2.05, 4.69) is 5.32 Å². The summed E-state index contributed by atoms with van der Waals surface area (Å²) in [4.78, 5) is 10.4. The topological polar surface area (TPSA) is 49.3 Å². The van der Waals surface area contributed by atoms with Crippen LogP contribution in [0.15, 0.2) is 0 Å². The first kappa shape index (κ1) is 7.10. The third kappa shape index (κ3) is 0.948. The van der Waals surface area contributed by atoms with E-state index in [0.717, 1.165) is 19.5 Å². The number of hydrogen-bond donors (Lipinski definition) is 2. The van der Waals surface area contributed by atoms with Crippen molar-refractivity contribution in [2.24, 2.45) is 11.3 Å². The zero-order valence-corrected chi connectivity index (χ0v) is 6.47. The van der Waals surface area contributed by atoms with E-state index in [1.807, 2.05) is 0 Å². The van der Waals surface area contributed by atoms with Gasteiger partial charge < -0.3 is 10.4 Å². The van der Waals surface area contributed by atoms with Crippen molar-refractivity contribution in [1.29, 1.82) is 0 Å². The fraction of sp³-hybridized carbons (Fsp3) is 0.875. The summed E-state index contributed by atoms with van der Waals surface area (Å²) in [6.07, 6.45) is 2.73. The minimum Gasteiger partial charge on any atom is -0.481 e. The summed E-state index contributed by atoms with van der Waals surface area (Å²) in [5.41, 5.74) is 0.401. The van der Waals surface area contributed by atoms with E-state index in [1.165, 1.54) is 6.42 Å². The largest absolute Gasteiger partial charge is 0.481 e. The van der Waals surface area contributed by atoms with Gasteiger partial charge in [0, 0.05) is 19.5 Å². The van der Waals surface area contributed by atoms with E-state index >= 15 is 0 Å². The van der Waals surface area contributed by atoms with Crippen molar-refractivity contribution in [3.05, 3.63) is 0 Å². The van der Waals surface area contributed by atoms with Gasteiger partial charge in [0.05, 0.1) is 0 Å². The van der Waals surface area contributed by atoms with Crippen LogP contribution in [0.25, 0.3) is 0 Å². The van der Waals surface area contributed by atoms with E-state index in [0.29, 0.717) is 17.8 Å². The Bertz CT molecular complexity index is 181. The molecule has 1 unspecified atom stereocenters. The van der Waals surface area contributed by atoms with E-state index in [4.69, 9.17) is 5.11 Å². The molecule has 1 aliphatic carbocycles. The first-order chi connectivity index (χ1) is 5.23. The highest BCUT2D eigenvalue weighted by atomic mass is 16.4. The van der Waals surface area contributed by atoms with Crippen LogP contribution in [0.4, 0.5) is 0 Å². The van der Waals surface area contributed by atoms with Gasteiger partial charge in [0.15, 0.2) is 0 Å². The zero-order valence-electron chi connectivity index (χ0n) is 6.47. The van der Waals surface area contributed by atoms with Gasteiger partial charge in [0.1, 0.15) is 0 Å². The third-order valence-corrected chi connectivity index (χ3v) is 3.23. The fourth-order valence-corrected chi connectivity index (χ4v) is 2.20. The summed E-state index contributed by atoms with van der Waals surface area (Å²) in [5.74, 6) is -0.178. The van der Waals surface area contributed by atoms with Gasteiger partial charge in [0.25, 0.3) is 0 Å². The number of rotatable bonds is 2. The second kappa shape index (κ2) is 2.21. The van der Waals surface area contributed by atoms with Crippen LogP contribution in [-0.4, -0.2) is 24.2 Å². The van der Waals surface area contributed by atoms with Crippen LogP contribution in [0.1, 0.15) is 19.3 Å². The van der Waals surface area contributed by atoms with Crippen LogP contribution in [-0.2, 0) is 4.79 Å². The Morgan fingerprint density at radius 2 is 2.36 bits per heavy atom. The van der Waals surface area contributed by atoms with Crippen molar-refractivity contribution in [1.82, 2.24) is 5.32 Å². The highest BCUT2D eigenvalue weighted by Crippen LogP contribution is 2.50. The van der Waals surface area contributed by atoms with Gasteiger partial charge >= 0.3 is 5.97 Å². The number of hydrogen-bond acceptors (Lipinski definition) is 2. The number of carbonyl (C=O) groups is 1. The lowest BCUT2D eigenvalue weighted by Crippen LogP contribution is -2.62. The van der Waals surface area contributed by atoms with Crippen molar-refractivity contribution in [3.63, 3.8) is 0 Å².